The second-order valence-corrected chi connectivity index (χ2v) is 4.87. The third-order valence-electron chi connectivity index (χ3n) is 3.67. The highest BCUT2D eigenvalue weighted by Gasteiger charge is 2.32. The van der Waals surface area contributed by atoms with Crippen LogP contribution in [0, 0.1) is 16.0 Å². The topological polar surface area (TPSA) is 130 Å². The molecule has 2 atom stereocenters. The number of phenols is 2. The van der Waals surface area contributed by atoms with Gasteiger partial charge < -0.3 is 21.1 Å². The Balaban J connectivity index is 0.00000200. The lowest BCUT2D eigenvalue weighted by atomic mass is 9.77. The number of aromatic hydroxyl groups is 2. The number of nitrogens with two attached hydrogens (primary N) is 1. The molecule has 8 heteroatoms. The van der Waals surface area contributed by atoms with E-state index in [2.05, 4.69) is 0 Å². The van der Waals surface area contributed by atoms with Crippen LogP contribution in [0.3, 0.4) is 0 Å². The molecular formula is C12H17ClN2O5. The molecule has 1 aromatic carbocycles. The minimum atomic E-state index is -0.824. The summed E-state index contributed by atoms with van der Waals surface area (Å²) in [4.78, 5) is 9.95. The summed E-state index contributed by atoms with van der Waals surface area (Å²) < 4.78 is 0. The molecule has 112 valence electrons. The minimum Gasteiger partial charge on any atom is -0.504 e. The number of nitro benzene ring substituents is 1. The molecule has 0 spiro atoms. The van der Waals surface area contributed by atoms with Crippen molar-refractivity contribution in [3.05, 3.63) is 27.8 Å². The van der Waals surface area contributed by atoms with Gasteiger partial charge in [0, 0.05) is 6.07 Å². The van der Waals surface area contributed by atoms with E-state index in [1.807, 2.05) is 0 Å². The van der Waals surface area contributed by atoms with Crippen molar-refractivity contribution in [3.63, 3.8) is 0 Å². The van der Waals surface area contributed by atoms with Gasteiger partial charge in [0.1, 0.15) is 0 Å². The van der Waals surface area contributed by atoms with E-state index in [9.17, 15) is 25.4 Å². The van der Waals surface area contributed by atoms with E-state index >= 15 is 0 Å². The van der Waals surface area contributed by atoms with E-state index in [4.69, 9.17) is 5.73 Å². The molecule has 5 N–H and O–H groups in total. The van der Waals surface area contributed by atoms with E-state index < -0.39 is 34.3 Å². The molecule has 20 heavy (non-hydrogen) atoms. The predicted molar refractivity (Wildman–Crippen MR) is 74.0 cm³/mol. The molecule has 0 amide bonds. The summed E-state index contributed by atoms with van der Waals surface area (Å²) in [5.74, 6) is -1.32. The number of aliphatic hydroxyl groups excluding tert-OH is 1. The van der Waals surface area contributed by atoms with Crippen molar-refractivity contribution in [1.82, 2.24) is 0 Å². The molecule has 0 aromatic heterocycles. The highest BCUT2D eigenvalue weighted by molar-refractivity contribution is 5.85. The van der Waals surface area contributed by atoms with Crippen LogP contribution >= 0.6 is 12.4 Å². The van der Waals surface area contributed by atoms with Gasteiger partial charge >= 0.3 is 5.69 Å². The smallest absolute Gasteiger partial charge is 0.314 e. The number of rotatable bonds is 4. The lowest BCUT2D eigenvalue weighted by Gasteiger charge is -2.33. The first-order chi connectivity index (χ1) is 8.91. The van der Waals surface area contributed by atoms with Crippen LogP contribution in [0.2, 0.25) is 0 Å². The summed E-state index contributed by atoms with van der Waals surface area (Å²) in [5, 5.41) is 39.7. The Morgan fingerprint density at radius 2 is 1.95 bits per heavy atom. The van der Waals surface area contributed by atoms with E-state index in [1.165, 1.54) is 0 Å². The first-order valence-corrected chi connectivity index (χ1v) is 6.05. The van der Waals surface area contributed by atoms with Crippen molar-refractivity contribution < 1.29 is 20.2 Å². The Hall–Kier alpha value is -1.57. The van der Waals surface area contributed by atoms with Gasteiger partial charge in [0.05, 0.1) is 17.1 Å². The van der Waals surface area contributed by atoms with Crippen LogP contribution in [0.5, 0.6) is 11.5 Å². The monoisotopic (exact) mass is 304 g/mol. The molecular weight excluding hydrogens is 288 g/mol. The van der Waals surface area contributed by atoms with Gasteiger partial charge in [0.25, 0.3) is 0 Å². The third-order valence-corrected chi connectivity index (χ3v) is 3.67. The Bertz CT molecular complexity index is 507. The van der Waals surface area contributed by atoms with Crippen molar-refractivity contribution in [2.75, 3.05) is 0 Å². The van der Waals surface area contributed by atoms with Gasteiger partial charge in [0.15, 0.2) is 5.75 Å². The van der Waals surface area contributed by atoms with Gasteiger partial charge in [0.2, 0.25) is 5.75 Å². The molecule has 1 saturated carbocycles. The molecule has 7 nitrogen and oxygen atoms in total. The van der Waals surface area contributed by atoms with Crippen LogP contribution in [0.15, 0.2) is 12.1 Å². The number of benzene rings is 1. The van der Waals surface area contributed by atoms with Crippen LogP contribution in [0.1, 0.15) is 30.9 Å². The lowest BCUT2D eigenvalue weighted by Crippen LogP contribution is -2.36. The number of halogens is 1. The molecule has 1 aliphatic carbocycles. The molecule has 0 bridgehead atoms. The SMILES string of the molecule is Cl.N[C@@H](c1cc(O)c(O)c([N+](=O)[O-])c1)[C@H](O)C1CCC1. The second-order valence-electron chi connectivity index (χ2n) is 4.87. The van der Waals surface area contributed by atoms with Crippen molar-refractivity contribution in [2.45, 2.75) is 31.4 Å². The highest BCUT2D eigenvalue weighted by Crippen LogP contribution is 2.40. The van der Waals surface area contributed by atoms with Crippen molar-refractivity contribution in [2.24, 2.45) is 11.7 Å². The van der Waals surface area contributed by atoms with Gasteiger partial charge in [-0.3, -0.25) is 10.1 Å². The minimum absolute atomic E-state index is 0. The second kappa shape index (κ2) is 6.25. The Morgan fingerprint density at radius 1 is 1.35 bits per heavy atom. The standard InChI is InChI=1S/C12H16N2O5.ClH/c13-10(11(16)6-2-1-3-6)7-4-8(14(18)19)12(17)9(15)5-7;/h4-6,10-11,15-17H,1-3,13H2;1H/t10-,11+;/m0./s1. The maximum atomic E-state index is 10.8. The number of phenolic OH excluding ortho intramolecular Hbond substituents is 2. The van der Waals surface area contributed by atoms with E-state index in [-0.39, 0.29) is 23.9 Å². The summed E-state index contributed by atoms with van der Waals surface area (Å²) in [6, 6.07) is 1.41. The zero-order chi connectivity index (χ0) is 14.2. The zero-order valence-electron chi connectivity index (χ0n) is 10.6. The van der Waals surface area contributed by atoms with E-state index in [1.54, 1.807) is 0 Å². The summed E-state index contributed by atoms with van der Waals surface area (Å²) in [6.45, 7) is 0. The first-order valence-electron chi connectivity index (χ1n) is 6.05. The maximum absolute atomic E-state index is 10.8. The van der Waals surface area contributed by atoms with Crippen LogP contribution in [0.25, 0.3) is 0 Å². The first kappa shape index (κ1) is 16.5. The van der Waals surface area contributed by atoms with Gasteiger partial charge in [-0.15, -0.1) is 12.4 Å². The van der Waals surface area contributed by atoms with Gasteiger partial charge in [-0.05, 0) is 30.4 Å². The number of hydrogen-bond donors (Lipinski definition) is 4. The fourth-order valence-electron chi connectivity index (χ4n) is 2.23. The van der Waals surface area contributed by atoms with Crippen LogP contribution in [-0.2, 0) is 0 Å². The Kier molecular flexibility index (Phi) is 5.15. The molecule has 0 radical (unpaired) electrons. The predicted octanol–water partition coefficient (Wildman–Crippen LogP) is 1.59. The molecule has 0 heterocycles. The van der Waals surface area contributed by atoms with Gasteiger partial charge in [-0.2, -0.15) is 0 Å². The molecule has 0 saturated heterocycles. The number of aliphatic hydroxyl groups is 1. The number of nitrogens with zero attached hydrogens (tertiary/aromatic N) is 1. The van der Waals surface area contributed by atoms with Crippen LogP contribution < -0.4 is 5.73 Å². The Morgan fingerprint density at radius 3 is 2.40 bits per heavy atom. The van der Waals surface area contributed by atoms with Gasteiger partial charge in [-0.25, -0.2) is 0 Å². The molecule has 0 unspecified atom stereocenters. The summed E-state index contributed by atoms with van der Waals surface area (Å²) >= 11 is 0. The highest BCUT2D eigenvalue weighted by atomic mass is 35.5. The zero-order valence-corrected chi connectivity index (χ0v) is 11.4. The largest absolute Gasteiger partial charge is 0.504 e. The average molecular weight is 305 g/mol. The van der Waals surface area contributed by atoms with Crippen molar-refractivity contribution >= 4 is 18.1 Å². The molecule has 2 rings (SSSR count). The average Bonchev–Trinajstić information content (AvgIpc) is 2.28. The molecule has 1 aromatic rings. The molecule has 1 aliphatic rings. The van der Waals surface area contributed by atoms with Crippen molar-refractivity contribution in [1.29, 1.82) is 0 Å². The normalized spacial score (nSPS) is 17.7. The molecule has 1 fully saturated rings. The third kappa shape index (κ3) is 2.95. The van der Waals surface area contributed by atoms with Crippen LogP contribution in [-0.4, -0.2) is 26.3 Å². The van der Waals surface area contributed by atoms with Gasteiger partial charge in [-0.1, -0.05) is 6.42 Å². The maximum Gasteiger partial charge on any atom is 0.314 e. The number of nitro groups is 1. The van der Waals surface area contributed by atoms with Crippen LogP contribution in [0.4, 0.5) is 5.69 Å². The summed E-state index contributed by atoms with van der Waals surface area (Å²) in [5.41, 5.74) is 5.49. The van der Waals surface area contributed by atoms with E-state index in [0.717, 1.165) is 31.4 Å². The fraction of sp³-hybridized carbons (Fsp3) is 0.500. The fourth-order valence-corrected chi connectivity index (χ4v) is 2.23. The summed E-state index contributed by atoms with van der Waals surface area (Å²) in [7, 11) is 0. The lowest BCUT2D eigenvalue weighted by molar-refractivity contribution is -0.386. The quantitative estimate of drug-likeness (QED) is 0.379. The van der Waals surface area contributed by atoms with E-state index in [0.29, 0.717) is 0 Å². The van der Waals surface area contributed by atoms with Crippen molar-refractivity contribution in [3.8, 4) is 11.5 Å². The number of hydrogen-bond acceptors (Lipinski definition) is 6. The molecule has 0 aliphatic heterocycles. The summed E-state index contributed by atoms with van der Waals surface area (Å²) in [6.07, 6.45) is 1.98. The Labute approximate surface area is 121 Å².